The third-order valence-electron chi connectivity index (χ3n) is 4.55. The van der Waals surface area contributed by atoms with Gasteiger partial charge in [0.15, 0.2) is 11.2 Å². The van der Waals surface area contributed by atoms with E-state index in [1.807, 2.05) is 4.31 Å². The highest BCUT2D eigenvalue weighted by molar-refractivity contribution is 7.80. The Balaban J connectivity index is 1.65. The van der Waals surface area contributed by atoms with Crippen molar-refractivity contribution in [3.63, 3.8) is 0 Å². The van der Waals surface area contributed by atoms with Gasteiger partial charge in [-0.3, -0.25) is 4.98 Å². The van der Waals surface area contributed by atoms with Gasteiger partial charge in [-0.25, -0.2) is 17.2 Å². The number of aromatic nitrogens is 1. The minimum absolute atomic E-state index is 0.122. The summed E-state index contributed by atoms with van der Waals surface area (Å²) in [5, 5.41) is 3.34. The molecular formula is C15H24FN5OS. The molecule has 2 atom stereocenters. The van der Waals surface area contributed by atoms with Crippen molar-refractivity contribution >= 4 is 16.9 Å². The predicted octanol–water partition coefficient (Wildman–Crippen LogP) is 0.684. The fourth-order valence-corrected chi connectivity index (χ4v) is 4.79. The van der Waals surface area contributed by atoms with Crippen molar-refractivity contribution in [1.29, 1.82) is 0 Å². The Bertz CT molecular complexity index is 547. The largest absolute Gasteiger partial charge is 0.397 e. The van der Waals surface area contributed by atoms with Gasteiger partial charge in [-0.2, -0.15) is 0 Å². The maximum atomic E-state index is 13.9. The topological polar surface area (TPSA) is 74.5 Å². The fraction of sp³-hybridized carbons (Fsp3) is 0.667. The average Bonchev–Trinajstić information content (AvgIpc) is 3.08. The van der Waals surface area contributed by atoms with Crippen LogP contribution in [0.3, 0.4) is 0 Å². The summed E-state index contributed by atoms with van der Waals surface area (Å²) < 4.78 is 30.7. The van der Waals surface area contributed by atoms with Crippen molar-refractivity contribution in [3.05, 3.63) is 23.8 Å². The lowest BCUT2D eigenvalue weighted by Crippen LogP contribution is -2.54. The number of nitrogen functional groups attached to an aromatic ring is 1. The lowest BCUT2D eigenvalue weighted by atomic mass is 10.0. The second kappa shape index (κ2) is 7.65. The summed E-state index contributed by atoms with van der Waals surface area (Å²) in [7, 11) is 0. The van der Waals surface area contributed by atoms with Gasteiger partial charge in [-0.1, -0.05) is 0 Å². The van der Waals surface area contributed by atoms with Crippen LogP contribution in [0.4, 0.5) is 10.1 Å². The zero-order valence-electron chi connectivity index (χ0n) is 13.2. The fourth-order valence-electron chi connectivity index (χ4n) is 3.24. The first kappa shape index (κ1) is 16.8. The lowest BCUT2D eigenvalue weighted by molar-refractivity contribution is 0.255. The van der Waals surface area contributed by atoms with Crippen molar-refractivity contribution in [1.82, 2.24) is 18.9 Å². The van der Waals surface area contributed by atoms with Crippen molar-refractivity contribution in [2.75, 3.05) is 38.5 Å². The van der Waals surface area contributed by atoms with Crippen LogP contribution in [0.25, 0.3) is 0 Å². The van der Waals surface area contributed by atoms with Crippen LogP contribution < -0.4 is 11.1 Å². The van der Waals surface area contributed by atoms with E-state index in [1.165, 1.54) is 12.4 Å². The molecule has 0 radical (unpaired) electrons. The van der Waals surface area contributed by atoms with Crippen molar-refractivity contribution < 1.29 is 8.60 Å². The van der Waals surface area contributed by atoms with Gasteiger partial charge in [0.1, 0.15) is 5.82 Å². The number of halogens is 1. The highest BCUT2D eigenvalue weighted by Crippen LogP contribution is 2.21. The molecule has 2 fully saturated rings. The Morgan fingerprint density at radius 1 is 1.35 bits per heavy atom. The summed E-state index contributed by atoms with van der Waals surface area (Å²) in [6.07, 6.45) is 6.16. The van der Waals surface area contributed by atoms with Crippen LogP contribution in [-0.4, -0.2) is 56.6 Å². The first-order valence-corrected chi connectivity index (χ1v) is 9.25. The number of nitrogens with one attached hydrogen (secondary N) is 1. The summed E-state index contributed by atoms with van der Waals surface area (Å²) >= 11 is -1.09. The van der Waals surface area contributed by atoms with E-state index in [4.69, 9.17) is 5.73 Å². The molecular weight excluding hydrogens is 317 g/mol. The number of nitrogens with zero attached hydrogens (tertiary/aromatic N) is 3. The summed E-state index contributed by atoms with van der Waals surface area (Å²) in [6.45, 7) is 4.15. The molecule has 0 aliphatic carbocycles. The lowest BCUT2D eigenvalue weighted by Gasteiger charge is -2.37. The number of rotatable bonds is 5. The van der Waals surface area contributed by atoms with Crippen LogP contribution in [0.1, 0.15) is 24.8 Å². The number of pyridine rings is 1. The molecule has 128 valence electrons. The van der Waals surface area contributed by atoms with E-state index in [0.29, 0.717) is 17.7 Å². The summed E-state index contributed by atoms with van der Waals surface area (Å²) in [6, 6.07) is 0.122. The molecule has 2 saturated heterocycles. The first-order valence-electron chi connectivity index (χ1n) is 8.19. The SMILES string of the molecule is Nc1cncc(F)c1CC[C@H]1CNCCN1S(=O)N1CCCC1. The first-order chi connectivity index (χ1) is 11.2. The van der Waals surface area contributed by atoms with E-state index in [0.717, 1.165) is 52.0 Å². The molecule has 6 nitrogen and oxygen atoms in total. The number of piperazine rings is 1. The highest BCUT2D eigenvalue weighted by atomic mass is 32.2. The Morgan fingerprint density at radius 2 is 2.13 bits per heavy atom. The van der Waals surface area contributed by atoms with Gasteiger partial charge in [0.25, 0.3) is 0 Å². The van der Waals surface area contributed by atoms with Gasteiger partial charge in [0.05, 0.1) is 18.1 Å². The maximum Gasteiger partial charge on any atom is 0.173 e. The van der Waals surface area contributed by atoms with E-state index in [2.05, 4.69) is 14.6 Å². The molecule has 8 heteroatoms. The minimum Gasteiger partial charge on any atom is -0.397 e. The third-order valence-corrected chi connectivity index (χ3v) is 6.24. The van der Waals surface area contributed by atoms with Crippen LogP contribution in [0.2, 0.25) is 0 Å². The Labute approximate surface area is 139 Å². The molecule has 3 rings (SSSR count). The van der Waals surface area contributed by atoms with Gasteiger partial charge in [-0.15, -0.1) is 0 Å². The minimum atomic E-state index is -1.09. The highest BCUT2D eigenvalue weighted by Gasteiger charge is 2.31. The van der Waals surface area contributed by atoms with Crippen molar-refractivity contribution in [3.8, 4) is 0 Å². The normalized spacial score (nSPS) is 24.8. The van der Waals surface area contributed by atoms with Gasteiger partial charge in [-0.05, 0) is 25.7 Å². The van der Waals surface area contributed by atoms with E-state index in [1.54, 1.807) is 0 Å². The van der Waals surface area contributed by atoms with Crippen LogP contribution in [0.15, 0.2) is 12.4 Å². The van der Waals surface area contributed by atoms with E-state index in [9.17, 15) is 8.60 Å². The molecule has 0 spiro atoms. The molecule has 3 heterocycles. The van der Waals surface area contributed by atoms with Gasteiger partial charge in [0, 0.05) is 44.3 Å². The average molecular weight is 341 g/mol. The van der Waals surface area contributed by atoms with Crippen LogP contribution in [0, 0.1) is 5.82 Å². The second-order valence-electron chi connectivity index (χ2n) is 6.09. The molecule has 23 heavy (non-hydrogen) atoms. The van der Waals surface area contributed by atoms with E-state index >= 15 is 0 Å². The number of nitrogens with two attached hydrogens (primary N) is 1. The molecule has 1 unspecified atom stereocenters. The molecule has 1 aromatic rings. The Kier molecular flexibility index (Phi) is 5.58. The van der Waals surface area contributed by atoms with Crippen LogP contribution in [-0.2, 0) is 17.6 Å². The van der Waals surface area contributed by atoms with Crippen molar-refractivity contribution in [2.24, 2.45) is 0 Å². The predicted molar refractivity (Wildman–Crippen MR) is 89.2 cm³/mol. The molecule has 3 N–H and O–H groups in total. The zero-order chi connectivity index (χ0) is 16.2. The molecule has 2 aliphatic rings. The monoisotopic (exact) mass is 341 g/mol. The summed E-state index contributed by atoms with van der Waals surface area (Å²) in [4.78, 5) is 3.76. The van der Waals surface area contributed by atoms with E-state index in [-0.39, 0.29) is 11.9 Å². The summed E-state index contributed by atoms with van der Waals surface area (Å²) in [5.41, 5.74) is 6.73. The third kappa shape index (κ3) is 3.88. The summed E-state index contributed by atoms with van der Waals surface area (Å²) in [5.74, 6) is -0.360. The standard InChI is InChI=1S/C15H24FN5OS/c16-14-10-19-11-15(17)13(14)4-3-12-9-18-5-8-21(12)23(22)20-6-1-2-7-20/h10-12,18H,1-9,17H2/t12-,23?/m0/s1. The van der Waals surface area contributed by atoms with Gasteiger partial charge < -0.3 is 11.1 Å². The van der Waals surface area contributed by atoms with Gasteiger partial charge in [0.2, 0.25) is 0 Å². The molecule has 1 aromatic heterocycles. The van der Waals surface area contributed by atoms with Crippen LogP contribution in [0.5, 0.6) is 0 Å². The van der Waals surface area contributed by atoms with E-state index < -0.39 is 11.2 Å². The van der Waals surface area contributed by atoms with Gasteiger partial charge >= 0.3 is 0 Å². The number of anilines is 1. The Hall–Kier alpha value is -1.09. The Morgan fingerprint density at radius 3 is 2.87 bits per heavy atom. The number of hydrogen-bond donors (Lipinski definition) is 2. The second-order valence-corrected chi connectivity index (χ2v) is 7.54. The molecule has 0 amide bonds. The molecule has 0 bridgehead atoms. The molecule has 0 aromatic carbocycles. The number of hydrogen-bond acceptors (Lipinski definition) is 4. The molecule has 2 aliphatic heterocycles. The quantitative estimate of drug-likeness (QED) is 0.826. The zero-order valence-corrected chi connectivity index (χ0v) is 14.0. The van der Waals surface area contributed by atoms with Crippen LogP contribution >= 0.6 is 0 Å². The molecule has 0 saturated carbocycles. The maximum absolute atomic E-state index is 13.9. The smallest absolute Gasteiger partial charge is 0.173 e. The van der Waals surface area contributed by atoms with Crippen molar-refractivity contribution in [2.45, 2.75) is 31.7 Å².